The molecule has 24 heavy (non-hydrogen) atoms. The molecule has 2 aromatic rings. The van der Waals surface area contributed by atoms with Gasteiger partial charge in [0.1, 0.15) is 0 Å². The Morgan fingerprint density at radius 2 is 1.88 bits per heavy atom. The first-order chi connectivity index (χ1) is 11.5. The second-order valence-corrected chi connectivity index (χ2v) is 5.54. The number of hydrogen-bond acceptors (Lipinski definition) is 4. The van der Waals surface area contributed by atoms with Crippen molar-refractivity contribution in [1.29, 1.82) is 0 Å². The Bertz CT molecular complexity index is 726. The van der Waals surface area contributed by atoms with Crippen LogP contribution in [0, 0.1) is 0 Å². The Morgan fingerprint density at radius 1 is 1.21 bits per heavy atom. The molecule has 0 bridgehead atoms. The van der Waals surface area contributed by atoms with Gasteiger partial charge in [0.05, 0.1) is 22.5 Å². The summed E-state index contributed by atoms with van der Waals surface area (Å²) < 4.78 is 0. The second-order valence-electron chi connectivity index (χ2n) is 5.13. The van der Waals surface area contributed by atoms with Crippen LogP contribution in [0.15, 0.2) is 47.6 Å². The van der Waals surface area contributed by atoms with Crippen LogP contribution in [0.25, 0.3) is 0 Å². The minimum Gasteiger partial charge on any atom is -0.478 e. The lowest BCUT2D eigenvalue weighted by Gasteiger charge is -2.20. The van der Waals surface area contributed by atoms with E-state index in [2.05, 4.69) is 41.4 Å². The number of hydrazone groups is 1. The lowest BCUT2D eigenvalue weighted by molar-refractivity contribution is 0.0697. The molecule has 0 aliphatic rings. The number of aromatic carboxylic acids is 1. The summed E-state index contributed by atoms with van der Waals surface area (Å²) >= 11 is 5.83. The van der Waals surface area contributed by atoms with Gasteiger partial charge in [-0.25, -0.2) is 4.79 Å². The van der Waals surface area contributed by atoms with Gasteiger partial charge in [-0.05, 0) is 49.7 Å². The standard InChI is InChI=1S/C18H20ClN3O2/c1-3-22(4-2)15-8-5-13(6-9-15)12-20-21-14-7-10-17(19)16(11-14)18(23)24/h5-12,21H,3-4H2,1-2H3,(H,23,24). The van der Waals surface area contributed by atoms with Gasteiger partial charge in [0.15, 0.2) is 0 Å². The number of carboxylic acids is 1. The van der Waals surface area contributed by atoms with Crippen LogP contribution in [0.4, 0.5) is 11.4 Å². The number of hydrogen-bond donors (Lipinski definition) is 2. The zero-order valence-electron chi connectivity index (χ0n) is 13.7. The van der Waals surface area contributed by atoms with E-state index < -0.39 is 5.97 Å². The van der Waals surface area contributed by atoms with Gasteiger partial charge in [-0.1, -0.05) is 23.7 Å². The highest BCUT2D eigenvalue weighted by Crippen LogP contribution is 2.20. The molecular weight excluding hydrogens is 326 g/mol. The highest BCUT2D eigenvalue weighted by molar-refractivity contribution is 6.33. The predicted octanol–water partition coefficient (Wildman–Crippen LogP) is 4.33. The molecule has 6 heteroatoms. The third-order valence-corrected chi connectivity index (χ3v) is 3.96. The Balaban J connectivity index is 2.04. The molecule has 2 N–H and O–H groups in total. The van der Waals surface area contributed by atoms with Crippen molar-refractivity contribution in [3.8, 4) is 0 Å². The van der Waals surface area contributed by atoms with Gasteiger partial charge in [0.2, 0.25) is 0 Å². The number of rotatable bonds is 7. The molecule has 0 spiro atoms. The Labute approximate surface area is 146 Å². The van der Waals surface area contributed by atoms with E-state index in [0.717, 1.165) is 18.7 Å². The van der Waals surface area contributed by atoms with Crippen molar-refractivity contribution in [2.45, 2.75) is 13.8 Å². The molecule has 0 aromatic heterocycles. The van der Waals surface area contributed by atoms with E-state index in [-0.39, 0.29) is 10.6 Å². The molecule has 0 fully saturated rings. The third-order valence-electron chi connectivity index (χ3n) is 3.63. The monoisotopic (exact) mass is 345 g/mol. The van der Waals surface area contributed by atoms with Gasteiger partial charge in [0.25, 0.3) is 0 Å². The maximum Gasteiger partial charge on any atom is 0.337 e. The van der Waals surface area contributed by atoms with E-state index in [0.29, 0.717) is 5.69 Å². The summed E-state index contributed by atoms with van der Waals surface area (Å²) in [5.41, 5.74) is 5.54. The minimum absolute atomic E-state index is 0.0421. The predicted molar refractivity (Wildman–Crippen MR) is 99.6 cm³/mol. The summed E-state index contributed by atoms with van der Waals surface area (Å²) in [7, 11) is 0. The van der Waals surface area contributed by atoms with E-state index in [4.69, 9.17) is 16.7 Å². The van der Waals surface area contributed by atoms with Crippen molar-refractivity contribution in [3.05, 3.63) is 58.6 Å². The lowest BCUT2D eigenvalue weighted by atomic mass is 10.2. The number of carbonyl (C=O) groups is 1. The van der Waals surface area contributed by atoms with Crippen LogP contribution in [0.2, 0.25) is 5.02 Å². The minimum atomic E-state index is -1.07. The Morgan fingerprint density at radius 3 is 2.46 bits per heavy atom. The van der Waals surface area contributed by atoms with Crippen molar-refractivity contribution in [1.82, 2.24) is 0 Å². The van der Waals surface area contributed by atoms with Crippen LogP contribution >= 0.6 is 11.6 Å². The third kappa shape index (κ3) is 4.49. The number of carboxylic acid groups (broad SMARTS) is 1. The molecule has 0 aliphatic heterocycles. The smallest absolute Gasteiger partial charge is 0.337 e. The highest BCUT2D eigenvalue weighted by Gasteiger charge is 2.08. The average Bonchev–Trinajstić information content (AvgIpc) is 2.58. The topological polar surface area (TPSA) is 64.9 Å². The van der Waals surface area contributed by atoms with Crippen LogP contribution in [-0.4, -0.2) is 30.4 Å². The van der Waals surface area contributed by atoms with Crippen LogP contribution in [0.1, 0.15) is 29.8 Å². The van der Waals surface area contributed by atoms with Gasteiger partial charge in [0, 0.05) is 18.8 Å². The fourth-order valence-electron chi connectivity index (χ4n) is 2.30. The SMILES string of the molecule is CCN(CC)c1ccc(C=NNc2ccc(Cl)c(C(=O)O)c2)cc1. The van der Waals surface area contributed by atoms with E-state index in [1.807, 2.05) is 12.1 Å². The lowest BCUT2D eigenvalue weighted by Crippen LogP contribution is -2.21. The van der Waals surface area contributed by atoms with Crippen molar-refractivity contribution in [2.24, 2.45) is 5.10 Å². The fraction of sp³-hybridized carbons (Fsp3) is 0.222. The normalized spacial score (nSPS) is 10.8. The molecule has 0 amide bonds. The number of halogens is 1. The van der Waals surface area contributed by atoms with Gasteiger partial charge in [-0.15, -0.1) is 0 Å². The molecule has 0 aliphatic carbocycles. The molecule has 2 aromatic carbocycles. The van der Waals surface area contributed by atoms with Gasteiger partial charge in [-0.2, -0.15) is 5.10 Å². The van der Waals surface area contributed by atoms with Crippen molar-refractivity contribution in [3.63, 3.8) is 0 Å². The van der Waals surface area contributed by atoms with Crippen LogP contribution in [0.5, 0.6) is 0 Å². The number of nitrogens with one attached hydrogen (secondary N) is 1. The molecule has 0 heterocycles. The van der Waals surface area contributed by atoms with Crippen LogP contribution < -0.4 is 10.3 Å². The molecule has 126 valence electrons. The molecular formula is C18H20ClN3O2. The zero-order valence-corrected chi connectivity index (χ0v) is 14.4. The first-order valence-electron chi connectivity index (χ1n) is 7.72. The molecule has 0 saturated carbocycles. The van der Waals surface area contributed by atoms with E-state index in [1.54, 1.807) is 12.3 Å². The Kier molecular flexibility index (Phi) is 6.21. The number of nitrogens with zero attached hydrogens (tertiary/aromatic N) is 2. The second kappa shape index (κ2) is 8.36. The molecule has 2 rings (SSSR count). The van der Waals surface area contributed by atoms with Crippen LogP contribution in [-0.2, 0) is 0 Å². The molecule has 0 radical (unpaired) electrons. The maximum atomic E-state index is 11.1. The summed E-state index contributed by atoms with van der Waals surface area (Å²) in [6.07, 6.45) is 1.68. The number of anilines is 2. The summed E-state index contributed by atoms with van der Waals surface area (Å²) in [4.78, 5) is 13.3. The molecule has 0 atom stereocenters. The maximum absolute atomic E-state index is 11.1. The molecule has 5 nitrogen and oxygen atoms in total. The summed E-state index contributed by atoms with van der Waals surface area (Å²) in [5, 5.41) is 13.4. The molecule has 0 unspecified atom stereocenters. The first kappa shape index (κ1) is 17.8. The first-order valence-corrected chi connectivity index (χ1v) is 8.09. The quantitative estimate of drug-likeness (QED) is 0.579. The van der Waals surface area contributed by atoms with Gasteiger partial charge >= 0.3 is 5.97 Å². The zero-order chi connectivity index (χ0) is 17.5. The van der Waals surface area contributed by atoms with Crippen molar-refractivity contribution in [2.75, 3.05) is 23.4 Å². The van der Waals surface area contributed by atoms with Crippen molar-refractivity contribution >= 4 is 35.2 Å². The largest absolute Gasteiger partial charge is 0.478 e. The van der Waals surface area contributed by atoms with E-state index in [9.17, 15) is 4.79 Å². The fourth-order valence-corrected chi connectivity index (χ4v) is 2.50. The van der Waals surface area contributed by atoms with E-state index >= 15 is 0 Å². The van der Waals surface area contributed by atoms with E-state index in [1.165, 1.54) is 17.8 Å². The Hall–Kier alpha value is -2.53. The van der Waals surface area contributed by atoms with Crippen molar-refractivity contribution < 1.29 is 9.90 Å². The molecule has 0 saturated heterocycles. The summed E-state index contributed by atoms with van der Waals surface area (Å²) in [6.45, 7) is 6.18. The summed E-state index contributed by atoms with van der Waals surface area (Å²) in [5.74, 6) is -1.07. The van der Waals surface area contributed by atoms with Gasteiger partial charge in [-0.3, -0.25) is 5.43 Å². The highest BCUT2D eigenvalue weighted by atomic mass is 35.5. The number of benzene rings is 2. The van der Waals surface area contributed by atoms with Gasteiger partial charge < -0.3 is 10.0 Å². The van der Waals surface area contributed by atoms with Crippen LogP contribution in [0.3, 0.4) is 0 Å². The summed E-state index contributed by atoms with van der Waals surface area (Å²) in [6, 6.07) is 12.7. The average molecular weight is 346 g/mol.